The van der Waals surface area contributed by atoms with Crippen LogP contribution in [0.15, 0.2) is 18.2 Å². The maximum absolute atomic E-state index is 12.6. The highest BCUT2D eigenvalue weighted by atomic mass is 16.9. The topological polar surface area (TPSA) is 110 Å². The van der Waals surface area contributed by atoms with Crippen molar-refractivity contribution in [2.24, 2.45) is 5.73 Å². The number of carbonyl (C=O) groups excluding carboxylic acids is 2. The van der Waals surface area contributed by atoms with Crippen LogP contribution in [-0.4, -0.2) is 48.4 Å². The fourth-order valence-corrected chi connectivity index (χ4v) is 3.32. The normalized spacial score (nSPS) is 30.0. The molecule has 1 aromatic rings. The molecule has 2 N–H and O–H groups in total. The molecule has 0 aromatic heterocycles. The van der Waals surface area contributed by atoms with E-state index in [4.69, 9.17) is 29.5 Å². The van der Waals surface area contributed by atoms with Crippen molar-refractivity contribution in [1.82, 2.24) is 5.06 Å². The van der Waals surface area contributed by atoms with E-state index in [0.717, 1.165) is 11.5 Å². The Hall–Kier alpha value is -2.36. The van der Waals surface area contributed by atoms with E-state index >= 15 is 0 Å². The number of nitrogens with two attached hydrogens (primary N) is 1. The van der Waals surface area contributed by atoms with E-state index in [1.54, 1.807) is 19.1 Å². The molecule has 3 saturated heterocycles. The molecule has 3 fully saturated rings. The molecule has 3 heterocycles. The Morgan fingerprint density at radius 1 is 1.20 bits per heavy atom. The zero-order valence-corrected chi connectivity index (χ0v) is 13.6. The molecule has 2 spiro atoms. The fraction of sp³-hybridized carbons (Fsp3) is 0.500. The number of carbonyl (C=O) groups is 2. The number of hydroxylamine groups is 2. The van der Waals surface area contributed by atoms with Crippen LogP contribution in [0.5, 0.6) is 11.5 Å². The van der Waals surface area contributed by atoms with Gasteiger partial charge in [-0.05, 0) is 18.6 Å². The van der Waals surface area contributed by atoms with E-state index in [9.17, 15) is 9.59 Å². The van der Waals surface area contributed by atoms with Crippen LogP contribution >= 0.6 is 0 Å². The van der Waals surface area contributed by atoms with Crippen molar-refractivity contribution in [2.75, 3.05) is 19.8 Å². The van der Waals surface area contributed by atoms with Gasteiger partial charge in [0.05, 0.1) is 19.8 Å². The number of hydrogen-bond donors (Lipinski definition) is 1. The molecular weight excluding hydrogens is 332 g/mol. The molecule has 3 aliphatic heterocycles. The molecule has 25 heavy (non-hydrogen) atoms. The summed E-state index contributed by atoms with van der Waals surface area (Å²) >= 11 is 0. The number of fused-ring (bicyclic) bond motifs is 1. The molecule has 0 saturated carbocycles. The van der Waals surface area contributed by atoms with Crippen molar-refractivity contribution in [2.45, 2.75) is 31.2 Å². The molecule has 134 valence electrons. The molecule has 4 rings (SSSR count). The smallest absolute Gasteiger partial charge is 0.406 e. The first-order valence-corrected chi connectivity index (χ1v) is 7.98. The Kier molecular flexibility index (Phi) is 3.60. The molecule has 2 amide bonds. The number of para-hydroxylation sites is 1. The highest BCUT2D eigenvalue weighted by Crippen LogP contribution is 2.52. The second kappa shape index (κ2) is 5.58. The lowest BCUT2D eigenvalue weighted by Crippen LogP contribution is -2.66. The third kappa shape index (κ3) is 2.43. The molecule has 2 atom stereocenters. The van der Waals surface area contributed by atoms with Crippen LogP contribution < -0.4 is 15.2 Å². The Bertz CT molecular complexity index is 705. The second-order valence-corrected chi connectivity index (χ2v) is 6.26. The zero-order chi connectivity index (χ0) is 17.7. The van der Waals surface area contributed by atoms with E-state index in [1.165, 1.54) is 6.07 Å². The Morgan fingerprint density at radius 2 is 1.92 bits per heavy atom. The maximum atomic E-state index is 12.6. The van der Waals surface area contributed by atoms with Crippen LogP contribution in [0.25, 0.3) is 0 Å². The van der Waals surface area contributed by atoms with Gasteiger partial charge in [0, 0.05) is 12.8 Å². The van der Waals surface area contributed by atoms with Crippen LogP contribution in [0.2, 0.25) is 0 Å². The lowest BCUT2D eigenvalue weighted by atomic mass is 9.82. The average Bonchev–Trinajstić information content (AvgIpc) is 2.87. The van der Waals surface area contributed by atoms with E-state index < -0.39 is 23.6 Å². The summed E-state index contributed by atoms with van der Waals surface area (Å²) in [5, 5.41) is 1.10. The monoisotopic (exact) mass is 350 g/mol. The van der Waals surface area contributed by atoms with Crippen LogP contribution in [0.1, 0.15) is 18.4 Å². The molecule has 0 aliphatic carbocycles. The quantitative estimate of drug-likeness (QED) is 0.860. The van der Waals surface area contributed by atoms with Crippen LogP contribution in [0.3, 0.4) is 0 Å². The average molecular weight is 350 g/mol. The maximum Gasteiger partial charge on any atom is 0.439 e. The van der Waals surface area contributed by atoms with Gasteiger partial charge >= 0.3 is 12.2 Å². The molecule has 9 heteroatoms. The minimum atomic E-state index is -0.996. The third-order valence-corrected chi connectivity index (χ3v) is 4.78. The van der Waals surface area contributed by atoms with Gasteiger partial charge in [-0.3, -0.25) is 0 Å². The third-order valence-electron chi connectivity index (χ3n) is 4.78. The summed E-state index contributed by atoms with van der Waals surface area (Å²) < 4.78 is 21.6. The number of hydrogen-bond acceptors (Lipinski definition) is 7. The molecular formula is C16H18N2O7. The first kappa shape index (κ1) is 16.1. The number of nitrogens with zero attached hydrogens (tertiary/aromatic N) is 1. The van der Waals surface area contributed by atoms with Crippen LogP contribution in [0, 0.1) is 6.92 Å². The number of ether oxygens (including phenoxy) is 4. The lowest BCUT2D eigenvalue weighted by molar-refractivity contribution is -0.401. The first-order chi connectivity index (χ1) is 11.9. The number of amides is 2. The summed E-state index contributed by atoms with van der Waals surface area (Å²) in [6, 6.07) is 4.86. The van der Waals surface area contributed by atoms with Crippen LogP contribution in [0.4, 0.5) is 9.59 Å². The largest absolute Gasteiger partial charge is 0.439 e. The lowest BCUT2D eigenvalue weighted by Gasteiger charge is -2.51. The van der Waals surface area contributed by atoms with Gasteiger partial charge in [0.25, 0.3) is 0 Å². The number of primary amides is 1. The van der Waals surface area contributed by atoms with E-state index in [-0.39, 0.29) is 18.0 Å². The van der Waals surface area contributed by atoms with Gasteiger partial charge in [-0.25, -0.2) is 14.4 Å². The Labute approximate surface area is 143 Å². The standard InChI is InChI=1S/C16H18N2O7/c1-10-3-2-4-11(23-13(17)19)12(10)24-14(20)18-9-15(5-7-21-15)16(25-18)6-8-22-16/h2-4H,5-9H2,1H3,(H2,17,19). The highest BCUT2D eigenvalue weighted by Gasteiger charge is 2.69. The number of benzene rings is 1. The molecule has 3 aliphatic rings. The van der Waals surface area contributed by atoms with Crippen molar-refractivity contribution in [3.8, 4) is 11.5 Å². The minimum absolute atomic E-state index is 0.0595. The molecule has 0 radical (unpaired) electrons. The summed E-state index contributed by atoms with van der Waals surface area (Å²) in [5.74, 6) is -0.749. The van der Waals surface area contributed by atoms with Gasteiger partial charge < -0.3 is 24.7 Å². The van der Waals surface area contributed by atoms with E-state index in [2.05, 4.69) is 0 Å². The Morgan fingerprint density at radius 3 is 2.44 bits per heavy atom. The molecule has 0 bridgehead atoms. The van der Waals surface area contributed by atoms with Crippen molar-refractivity contribution in [3.05, 3.63) is 23.8 Å². The van der Waals surface area contributed by atoms with Crippen molar-refractivity contribution < 1.29 is 33.4 Å². The number of aryl methyl sites for hydroxylation is 1. The predicted octanol–water partition coefficient (Wildman–Crippen LogP) is 1.47. The van der Waals surface area contributed by atoms with Gasteiger partial charge in [0.15, 0.2) is 11.5 Å². The van der Waals surface area contributed by atoms with Crippen LogP contribution in [-0.2, 0) is 14.3 Å². The van der Waals surface area contributed by atoms with Gasteiger partial charge in [0.1, 0.15) is 5.60 Å². The van der Waals surface area contributed by atoms with Crippen molar-refractivity contribution in [3.63, 3.8) is 0 Å². The molecule has 2 unspecified atom stereocenters. The van der Waals surface area contributed by atoms with Crippen molar-refractivity contribution >= 4 is 12.2 Å². The molecule has 9 nitrogen and oxygen atoms in total. The Balaban J connectivity index is 1.53. The summed E-state index contributed by atoms with van der Waals surface area (Å²) in [6.45, 7) is 3.09. The summed E-state index contributed by atoms with van der Waals surface area (Å²) in [5.41, 5.74) is 5.02. The van der Waals surface area contributed by atoms with Gasteiger partial charge in [-0.2, -0.15) is 5.06 Å². The predicted molar refractivity (Wildman–Crippen MR) is 81.8 cm³/mol. The fourth-order valence-electron chi connectivity index (χ4n) is 3.32. The summed E-state index contributed by atoms with van der Waals surface area (Å²) in [4.78, 5) is 29.3. The van der Waals surface area contributed by atoms with E-state index in [0.29, 0.717) is 25.2 Å². The van der Waals surface area contributed by atoms with E-state index in [1.807, 2.05) is 0 Å². The zero-order valence-electron chi connectivity index (χ0n) is 13.6. The molecule has 1 aromatic carbocycles. The van der Waals surface area contributed by atoms with Gasteiger partial charge in [-0.15, -0.1) is 0 Å². The SMILES string of the molecule is Cc1cccc(OC(N)=O)c1OC(=O)N1CC2(CCO2)C2(CCO2)O1. The second-order valence-electron chi connectivity index (χ2n) is 6.26. The number of rotatable bonds is 2. The summed E-state index contributed by atoms with van der Waals surface area (Å²) in [6.07, 6.45) is -0.344. The first-order valence-electron chi connectivity index (χ1n) is 7.98. The van der Waals surface area contributed by atoms with Crippen molar-refractivity contribution in [1.29, 1.82) is 0 Å². The highest BCUT2D eigenvalue weighted by molar-refractivity contribution is 5.74. The minimum Gasteiger partial charge on any atom is -0.406 e. The van der Waals surface area contributed by atoms with Gasteiger partial charge in [-0.1, -0.05) is 12.1 Å². The van der Waals surface area contributed by atoms with Gasteiger partial charge in [0.2, 0.25) is 5.79 Å². The summed E-state index contributed by atoms with van der Waals surface area (Å²) in [7, 11) is 0.